The lowest BCUT2D eigenvalue weighted by Crippen LogP contribution is -2.27. The Hall–Kier alpha value is -4.05. The van der Waals surface area contributed by atoms with Crippen LogP contribution in [0.5, 0.6) is 11.5 Å². The lowest BCUT2D eigenvalue weighted by atomic mass is 10.1. The second-order valence-electron chi connectivity index (χ2n) is 7.86. The van der Waals surface area contributed by atoms with Crippen LogP contribution in [-0.4, -0.2) is 22.7 Å². The van der Waals surface area contributed by atoms with Gasteiger partial charge < -0.3 is 9.47 Å². The van der Waals surface area contributed by atoms with Crippen molar-refractivity contribution < 1.29 is 19.1 Å². The van der Waals surface area contributed by atoms with Gasteiger partial charge in [-0.3, -0.25) is 14.5 Å². The Labute approximate surface area is 227 Å². The lowest BCUT2D eigenvalue weighted by molar-refractivity contribution is -0.123. The first-order valence-electron chi connectivity index (χ1n) is 11.3. The topological polar surface area (TPSA) is 103 Å². The number of imide groups is 1. The van der Waals surface area contributed by atoms with Crippen molar-refractivity contribution in [2.75, 3.05) is 6.61 Å². The van der Waals surface area contributed by atoms with Crippen molar-refractivity contribution >= 4 is 44.9 Å². The molecule has 1 aliphatic heterocycles. The number of nitriles is 2. The van der Waals surface area contributed by atoms with Crippen LogP contribution in [0.3, 0.4) is 0 Å². The molecule has 1 saturated heterocycles. The van der Waals surface area contributed by atoms with Crippen molar-refractivity contribution in [3.63, 3.8) is 0 Å². The van der Waals surface area contributed by atoms with E-state index in [1.54, 1.807) is 54.6 Å². The van der Waals surface area contributed by atoms with Crippen LogP contribution in [0.4, 0.5) is 4.79 Å². The van der Waals surface area contributed by atoms with Crippen molar-refractivity contribution in [2.45, 2.75) is 20.1 Å². The minimum atomic E-state index is -0.426. The van der Waals surface area contributed by atoms with Crippen molar-refractivity contribution in [3.8, 4) is 23.6 Å². The highest BCUT2D eigenvalue weighted by Crippen LogP contribution is 2.40. The average molecular weight is 574 g/mol. The van der Waals surface area contributed by atoms with Crippen LogP contribution in [0, 0.1) is 22.7 Å². The minimum Gasteiger partial charge on any atom is -0.490 e. The Bertz CT molecular complexity index is 1490. The smallest absolute Gasteiger partial charge is 0.293 e. The van der Waals surface area contributed by atoms with Gasteiger partial charge in [0.1, 0.15) is 6.61 Å². The molecule has 4 rings (SSSR count). The Morgan fingerprint density at radius 2 is 1.62 bits per heavy atom. The second-order valence-corrected chi connectivity index (χ2v) is 9.70. The molecule has 37 heavy (non-hydrogen) atoms. The molecule has 0 atom stereocenters. The van der Waals surface area contributed by atoms with Gasteiger partial charge in [0, 0.05) is 5.56 Å². The van der Waals surface area contributed by atoms with Gasteiger partial charge in [0.25, 0.3) is 11.1 Å². The van der Waals surface area contributed by atoms with E-state index in [1.165, 1.54) is 0 Å². The van der Waals surface area contributed by atoms with Crippen molar-refractivity contribution in [1.82, 2.24) is 4.90 Å². The summed E-state index contributed by atoms with van der Waals surface area (Å²) in [7, 11) is 0. The molecule has 1 aliphatic rings. The molecule has 7 nitrogen and oxygen atoms in total. The zero-order chi connectivity index (χ0) is 26.4. The molecule has 0 bridgehead atoms. The van der Waals surface area contributed by atoms with E-state index in [2.05, 4.69) is 28.1 Å². The fraction of sp³-hybridized carbons (Fsp3) is 0.143. The van der Waals surface area contributed by atoms with E-state index in [0.29, 0.717) is 44.8 Å². The summed E-state index contributed by atoms with van der Waals surface area (Å²) in [5.41, 5.74) is 2.94. The first kappa shape index (κ1) is 26.0. The molecule has 0 aromatic heterocycles. The molecule has 184 valence electrons. The van der Waals surface area contributed by atoms with Gasteiger partial charge in [0.2, 0.25) is 0 Å². The van der Waals surface area contributed by atoms with Crippen LogP contribution in [-0.2, 0) is 17.9 Å². The number of nitrogens with zero attached hydrogens (tertiary/aromatic N) is 3. The highest BCUT2D eigenvalue weighted by atomic mass is 79.9. The van der Waals surface area contributed by atoms with Gasteiger partial charge in [0.15, 0.2) is 11.5 Å². The summed E-state index contributed by atoms with van der Waals surface area (Å²) in [5, 5.41) is 18.3. The highest BCUT2D eigenvalue weighted by molar-refractivity contribution is 9.10. The van der Waals surface area contributed by atoms with Gasteiger partial charge in [-0.15, -0.1) is 0 Å². The first-order chi connectivity index (χ1) is 17.9. The van der Waals surface area contributed by atoms with Crippen LogP contribution < -0.4 is 9.47 Å². The number of halogens is 1. The quantitative estimate of drug-likeness (QED) is 0.287. The SMILES string of the molecule is CCOc1cc(/C=C2/SC(=O)N(Cc3ccccc3C#N)C2=O)cc(Br)c1OCc1ccccc1C#N. The van der Waals surface area contributed by atoms with Crippen LogP contribution in [0.2, 0.25) is 0 Å². The van der Waals surface area contributed by atoms with Crippen LogP contribution in [0.25, 0.3) is 6.08 Å². The number of hydrogen-bond acceptors (Lipinski definition) is 7. The summed E-state index contributed by atoms with van der Waals surface area (Å²) in [6.07, 6.45) is 1.63. The molecular weight excluding hydrogens is 554 g/mol. The summed E-state index contributed by atoms with van der Waals surface area (Å²) >= 11 is 4.37. The van der Waals surface area contributed by atoms with Crippen molar-refractivity contribution in [3.05, 3.63) is 97.9 Å². The zero-order valence-electron chi connectivity index (χ0n) is 19.7. The van der Waals surface area contributed by atoms with Crippen LogP contribution >= 0.6 is 27.7 Å². The van der Waals surface area contributed by atoms with Gasteiger partial charge in [-0.25, -0.2) is 0 Å². The maximum absolute atomic E-state index is 13.0. The van der Waals surface area contributed by atoms with E-state index < -0.39 is 11.1 Å². The van der Waals surface area contributed by atoms with E-state index in [9.17, 15) is 20.1 Å². The van der Waals surface area contributed by atoms with Crippen molar-refractivity contribution in [1.29, 1.82) is 10.5 Å². The maximum atomic E-state index is 13.0. The summed E-state index contributed by atoms with van der Waals surface area (Å²) in [6.45, 7) is 2.43. The average Bonchev–Trinajstić information content (AvgIpc) is 3.16. The summed E-state index contributed by atoms with van der Waals surface area (Å²) in [5.74, 6) is 0.498. The third kappa shape index (κ3) is 5.86. The molecule has 0 spiro atoms. The Morgan fingerprint density at radius 1 is 0.973 bits per heavy atom. The van der Waals surface area contributed by atoms with Gasteiger partial charge in [-0.2, -0.15) is 10.5 Å². The van der Waals surface area contributed by atoms with Gasteiger partial charge in [-0.05, 0) is 76.1 Å². The monoisotopic (exact) mass is 573 g/mol. The van der Waals surface area contributed by atoms with E-state index >= 15 is 0 Å². The Kier molecular flexibility index (Phi) is 8.29. The Balaban J connectivity index is 1.58. The normalized spacial score (nSPS) is 13.9. The molecule has 2 amide bonds. The predicted octanol–water partition coefficient (Wildman–Crippen LogP) is 6.41. The van der Waals surface area contributed by atoms with Crippen molar-refractivity contribution in [2.24, 2.45) is 0 Å². The molecule has 3 aromatic carbocycles. The number of benzene rings is 3. The number of rotatable bonds is 8. The number of carbonyl (C=O) groups excluding carboxylic acids is 2. The third-order valence-corrected chi connectivity index (χ3v) is 6.98. The van der Waals surface area contributed by atoms with E-state index in [0.717, 1.165) is 22.2 Å². The number of thioether (sulfide) groups is 1. The molecule has 1 fully saturated rings. The zero-order valence-corrected chi connectivity index (χ0v) is 22.1. The molecule has 9 heteroatoms. The largest absolute Gasteiger partial charge is 0.490 e. The molecule has 0 unspecified atom stereocenters. The maximum Gasteiger partial charge on any atom is 0.293 e. The summed E-state index contributed by atoms with van der Waals surface area (Å²) < 4.78 is 12.4. The van der Waals surface area contributed by atoms with E-state index in [1.807, 2.05) is 19.1 Å². The van der Waals surface area contributed by atoms with Crippen LogP contribution in [0.15, 0.2) is 70.0 Å². The van der Waals surface area contributed by atoms with Crippen LogP contribution in [0.1, 0.15) is 34.7 Å². The fourth-order valence-corrected chi connectivity index (χ4v) is 5.12. The lowest BCUT2D eigenvalue weighted by Gasteiger charge is -2.15. The summed E-state index contributed by atoms with van der Waals surface area (Å²) in [4.78, 5) is 27.1. The third-order valence-electron chi connectivity index (χ3n) is 5.48. The van der Waals surface area contributed by atoms with Gasteiger partial charge in [-0.1, -0.05) is 36.4 Å². The molecule has 1 heterocycles. The Morgan fingerprint density at radius 3 is 2.30 bits per heavy atom. The van der Waals surface area contributed by atoms with E-state index in [-0.39, 0.29) is 18.1 Å². The number of carbonyl (C=O) groups is 2. The summed E-state index contributed by atoms with van der Waals surface area (Å²) in [6, 6.07) is 21.8. The molecule has 0 aliphatic carbocycles. The standard InChI is InChI=1S/C28H20BrN3O4S/c1-2-35-24-12-18(11-23(29)26(24)36-17-22-10-6-4-8-20(22)15-31)13-25-27(33)32(28(34)37-25)16-21-9-5-3-7-19(21)14-30/h3-13H,2,16-17H2,1H3/b25-13+. The molecule has 0 radical (unpaired) electrons. The van der Waals surface area contributed by atoms with Gasteiger partial charge >= 0.3 is 0 Å². The number of ether oxygens (including phenoxy) is 2. The minimum absolute atomic E-state index is 0.0244. The molecular formula is C28H20BrN3O4S. The van der Waals surface area contributed by atoms with Gasteiger partial charge in [0.05, 0.1) is 45.8 Å². The second kappa shape index (κ2) is 11.8. The van der Waals surface area contributed by atoms with E-state index in [4.69, 9.17) is 9.47 Å². The molecule has 0 saturated carbocycles. The molecule has 3 aromatic rings. The fourth-order valence-electron chi connectivity index (χ4n) is 3.70. The molecule has 0 N–H and O–H groups in total. The number of hydrogen-bond donors (Lipinski definition) is 0. The first-order valence-corrected chi connectivity index (χ1v) is 12.9. The number of amides is 2. The predicted molar refractivity (Wildman–Crippen MR) is 143 cm³/mol. The highest BCUT2D eigenvalue weighted by Gasteiger charge is 2.35.